The number of hydrogen-bond donors (Lipinski definition) is 0. The molecule has 26 heavy (non-hydrogen) atoms. The minimum absolute atomic E-state index is 0.122. The van der Waals surface area contributed by atoms with Crippen LogP contribution in [0.2, 0.25) is 0 Å². The molecule has 1 heterocycles. The van der Waals surface area contributed by atoms with Crippen LogP contribution in [-0.2, 0) is 11.2 Å². The van der Waals surface area contributed by atoms with E-state index in [1.807, 2.05) is 36.4 Å². The smallest absolute Gasteiger partial charge is 0.257 e. The van der Waals surface area contributed by atoms with Crippen LogP contribution < -0.4 is 0 Å². The van der Waals surface area contributed by atoms with Crippen molar-refractivity contribution in [3.8, 4) is 11.1 Å². The molecule has 1 amide bonds. The summed E-state index contributed by atoms with van der Waals surface area (Å²) in [5.74, 6) is -0.700. The zero-order valence-corrected chi connectivity index (χ0v) is 14.9. The molecular formula is C22H23F2NO. The van der Waals surface area contributed by atoms with Gasteiger partial charge in [0.1, 0.15) is 5.82 Å². The number of nitrogens with zero attached hydrogens (tertiary/aromatic N) is 1. The van der Waals surface area contributed by atoms with Crippen molar-refractivity contribution in [1.29, 1.82) is 0 Å². The Balaban J connectivity index is 1.61. The standard InChI is InChI=1S/C22H23F2NO/c1-15(23)21(26)25-14-22(10-11-22)13-18(25)12-17-8-5-9-19(20(17)24)16-6-3-2-4-7-16/h2-9,15,18H,10-14H2,1H3/t15-,18-/m0/s1. The molecule has 0 unspecified atom stereocenters. The maximum Gasteiger partial charge on any atom is 0.257 e. The van der Waals surface area contributed by atoms with Gasteiger partial charge in [-0.15, -0.1) is 0 Å². The normalized spacial score (nSPS) is 21.8. The first-order chi connectivity index (χ1) is 12.5. The number of halogens is 2. The number of hydrogen-bond acceptors (Lipinski definition) is 1. The van der Waals surface area contributed by atoms with Crippen LogP contribution in [0.4, 0.5) is 8.78 Å². The van der Waals surface area contributed by atoms with E-state index < -0.39 is 12.1 Å². The molecule has 2 fully saturated rings. The Bertz CT molecular complexity index is 814. The van der Waals surface area contributed by atoms with E-state index in [4.69, 9.17) is 0 Å². The van der Waals surface area contributed by atoms with Gasteiger partial charge in [-0.1, -0.05) is 48.5 Å². The monoisotopic (exact) mass is 355 g/mol. The van der Waals surface area contributed by atoms with Crippen LogP contribution in [0.5, 0.6) is 0 Å². The number of rotatable bonds is 4. The molecule has 2 aromatic carbocycles. The molecule has 1 spiro atoms. The highest BCUT2D eigenvalue weighted by Gasteiger charge is 2.53. The van der Waals surface area contributed by atoms with Crippen LogP contribution in [0.15, 0.2) is 48.5 Å². The molecule has 2 aliphatic rings. The van der Waals surface area contributed by atoms with Crippen LogP contribution in [0, 0.1) is 11.2 Å². The molecule has 1 aliphatic heterocycles. The summed E-state index contributed by atoms with van der Waals surface area (Å²) in [6, 6.07) is 14.7. The van der Waals surface area contributed by atoms with E-state index in [0.29, 0.717) is 24.1 Å². The predicted octanol–water partition coefficient (Wildman–Crippen LogP) is 4.77. The van der Waals surface area contributed by atoms with Gasteiger partial charge in [-0.05, 0) is 49.1 Å². The second kappa shape index (κ2) is 6.49. The highest BCUT2D eigenvalue weighted by Crippen LogP contribution is 2.55. The van der Waals surface area contributed by atoms with Crippen LogP contribution in [-0.4, -0.2) is 29.6 Å². The molecule has 4 rings (SSSR count). The lowest BCUT2D eigenvalue weighted by Crippen LogP contribution is -2.41. The third-order valence-electron chi connectivity index (χ3n) is 5.81. The lowest BCUT2D eigenvalue weighted by atomic mass is 9.95. The van der Waals surface area contributed by atoms with Gasteiger partial charge in [-0.3, -0.25) is 4.79 Å². The van der Waals surface area contributed by atoms with Gasteiger partial charge < -0.3 is 4.90 Å². The molecule has 1 aliphatic carbocycles. The Morgan fingerprint density at radius 3 is 2.58 bits per heavy atom. The Morgan fingerprint density at radius 1 is 1.19 bits per heavy atom. The number of carbonyl (C=O) groups is 1. The summed E-state index contributed by atoms with van der Waals surface area (Å²) in [5, 5.41) is 0. The van der Waals surface area contributed by atoms with Crippen molar-refractivity contribution < 1.29 is 13.6 Å². The molecule has 2 aromatic rings. The van der Waals surface area contributed by atoms with Gasteiger partial charge in [0, 0.05) is 18.2 Å². The van der Waals surface area contributed by atoms with Crippen molar-refractivity contribution in [2.45, 2.75) is 44.8 Å². The zero-order valence-electron chi connectivity index (χ0n) is 14.9. The maximum absolute atomic E-state index is 15.1. The average molecular weight is 355 g/mol. The molecule has 4 heteroatoms. The fourth-order valence-corrected chi connectivity index (χ4v) is 4.20. The van der Waals surface area contributed by atoms with Gasteiger partial charge >= 0.3 is 0 Å². The molecule has 2 nitrogen and oxygen atoms in total. The van der Waals surface area contributed by atoms with E-state index in [9.17, 15) is 9.18 Å². The van der Waals surface area contributed by atoms with Crippen LogP contribution in [0.3, 0.4) is 0 Å². The van der Waals surface area contributed by atoms with Gasteiger partial charge in [0.05, 0.1) is 0 Å². The van der Waals surface area contributed by atoms with E-state index >= 15 is 4.39 Å². The number of alkyl halides is 1. The molecule has 0 radical (unpaired) electrons. The summed E-state index contributed by atoms with van der Waals surface area (Å²) in [4.78, 5) is 14.0. The Labute approximate surface area is 152 Å². The number of carbonyl (C=O) groups excluding carboxylic acids is 1. The van der Waals surface area contributed by atoms with Crippen molar-refractivity contribution in [2.24, 2.45) is 5.41 Å². The summed E-state index contributed by atoms with van der Waals surface area (Å²) in [6.45, 7) is 1.90. The predicted molar refractivity (Wildman–Crippen MR) is 97.9 cm³/mol. The van der Waals surface area contributed by atoms with Crippen LogP contribution in [0.1, 0.15) is 31.7 Å². The third kappa shape index (κ3) is 3.13. The first-order valence-corrected chi connectivity index (χ1v) is 9.26. The average Bonchev–Trinajstić information content (AvgIpc) is 3.30. The highest BCUT2D eigenvalue weighted by molar-refractivity contribution is 5.81. The Hall–Kier alpha value is -2.23. The Morgan fingerprint density at radius 2 is 1.92 bits per heavy atom. The summed E-state index contributed by atoms with van der Waals surface area (Å²) in [7, 11) is 0. The number of amides is 1. The molecule has 0 aromatic heterocycles. The topological polar surface area (TPSA) is 20.3 Å². The number of benzene rings is 2. The van der Waals surface area contributed by atoms with Crippen molar-refractivity contribution in [3.63, 3.8) is 0 Å². The third-order valence-corrected chi connectivity index (χ3v) is 5.81. The quantitative estimate of drug-likeness (QED) is 0.773. The second-order valence-electron chi connectivity index (χ2n) is 7.79. The summed E-state index contributed by atoms with van der Waals surface area (Å²) >= 11 is 0. The second-order valence-corrected chi connectivity index (χ2v) is 7.79. The zero-order chi connectivity index (χ0) is 18.3. The van der Waals surface area contributed by atoms with E-state index in [-0.39, 0.29) is 17.3 Å². The van der Waals surface area contributed by atoms with Gasteiger partial charge in [0.25, 0.3) is 5.91 Å². The van der Waals surface area contributed by atoms with Gasteiger partial charge in [-0.25, -0.2) is 8.78 Å². The minimum Gasteiger partial charge on any atom is -0.336 e. The van der Waals surface area contributed by atoms with Crippen molar-refractivity contribution in [2.75, 3.05) is 6.54 Å². The van der Waals surface area contributed by atoms with Crippen molar-refractivity contribution >= 4 is 5.91 Å². The SMILES string of the molecule is C[C@H](F)C(=O)N1CC2(CC2)C[C@@H]1Cc1cccc(-c2ccccc2)c1F. The van der Waals surface area contributed by atoms with E-state index in [1.165, 1.54) is 6.92 Å². The molecule has 0 N–H and O–H groups in total. The van der Waals surface area contributed by atoms with E-state index in [0.717, 1.165) is 24.8 Å². The van der Waals surface area contributed by atoms with E-state index in [1.54, 1.807) is 17.0 Å². The molecule has 1 saturated heterocycles. The van der Waals surface area contributed by atoms with Crippen LogP contribution >= 0.6 is 0 Å². The first kappa shape index (κ1) is 17.2. The van der Waals surface area contributed by atoms with E-state index in [2.05, 4.69) is 0 Å². The summed E-state index contributed by atoms with van der Waals surface area (Å²) in [6.07, 6.45) is 1.95. The van der Waals surface area contributed by atoms with Gasteiger partial charge in [0.2, 0.25) is 0 Å². The molecule has 1 saturated carbocycles. The van der Waals surface area contributed by atoms with Gasteiger partial charge in [-0.2, -0.15) is 0 Å². The Kier molecular flexibility index (Phi) is 4.29. The van der Waals surface area contributed by atoms with Crippen molar-refractivity contribution in [3.05, 3.63) is 59.9 Å². The fourth-order valence-electron chi connectivity index (χ4n) is 4.20. The fraction of sp³-hybridized carbons (Fsp3) is 0.409. The van der Waals surface area contributed by atoms with Crippen molar-refractivity contribution in [1.82, 2.24) is 4.90 Å². The van der Waals surface area contributed by atoms with Gasteiger partial charge in [0.15, 0.2) is 6.17 Å². The lowest BCUT2D eigenvalue weighted by Gasteiger charge is -2.25. The summed E-state index contributed by atoms with van der Waals surface area (Å²) < 4.78 is 28.8. The molecule has 0 bridgehead atoms. The minimum atomic E-state index is -1.51. The first-order valence-electron chi connectivity index (χ1n) is 9.26. The summed E-state index contributed by atoms with van der Waals surface area (Å²) in [5.41, 5.74) is 2.16. The maximum atomic E-state index is 15.1. The molecular weight excluding hydrogens is 332 g/mol. The van der Waals surface area contributed by atoms with Crippen LogP contribution in [0.25, 0.3) is 11.1 Å². The lowest BCUT2D eigenvalue weighted by molar-refractivity contribution is -0.136. The number of likely N-dealkylation sites (tertiary alicyclic amines) is 1. The highest BCUT2D eigenvalue weighted by atomic mass is 19.1. The molecule has 136 valence electrons. The largest absolute Gasteiger partial charge is 0.336 e. The molecule has 2 atom stereocenters.